The summed E-state index contributed by atoms with van der Waals surface area (Å²) >= 11 is 0. The lowest BCUT2D eigenvalue weighted by Crippen LogP contribution is -2.44. The van der Waals surface area contributed by atoms with Crippen LogP contribution in [0.1, 0.15) is 50.2 Å². The third-order valence-electron chi connectivity index (χ3n) is 6.97. The zero-order valence-electron chi connectivity index (χ0n) is 19.4. The fraction of sp³-hybridized carbons (Fsp3) is 0.667. The molecule has 4 N–H and O–H groups in total. The van der Waals surface area contributed by atoms with Crippen molar-refractivity contribution >= 4 is 35.8 Å². The van der Waals surface area contributed by atoms with Gasteiger partial charge in [0, 0.05) is 51.4 Å². The van der Waals surface area contributed by atoms with Crippen LogP contribution in [0.25, 0.3) is 0 Å². The van der Waals surface area contributed by atoms with Crippen LogP contribution in [-0.4, -0.2) is 66.5 Å². The van der Waals surface area contributed by atoms with Gasteiger partial charge in [-0.3, -0.25) is 19.6 Å². The zero-order chi connectivity index (χ0) is 21.8. The van der Waals surface area contributed by atoms with Gasteiger partial charge in [-0.1, -0.05) is 24.3 Å². The predicted molar refractivity (Wildman–Crippen MR) is 140 cm³/mol. The van der Waals surface area contributed by atoms with Crippen molar-refractivity contribution in [3.63, 3.8) is 0 Å². The molecule has 0 bridgehead atoms. The Hall–Kier alpha value is -1.39. The third kappa shape index (κ3) is 6.81. The Morgan fingerprint density at radius 3 is 2.72 bits per heavy atom. The van der Waals surface area contributed by atoms with Gasteiger partial charge in [0.15, 0.2) is 5.96 Å². The highest BCUT2D eigenvalue weighted by molar-refractivity contribution is 14.0. The highest BCUT2D eigenvalue weighted by Gasteiger charge is 2.38. The lowest BCUT2D eigenvalue weighted by atomic mass is 9.97. The van der Waals surface area contributed by atoms with Crippen LogP contribution < -0.4 is 16.4 Å². The van der Waals surface area contributed by atoms with Gasteiger partial charge in [-0.05, 0) is 56.7 Å². The van der Waals surface area contributed by atoms with E-state index in [1.807, 2.05) is 7.05 Å². The first-order valence-corrected chi connectivity index (χ1v) is 11.8. The molecule has 3 unspecified atom stereocenters. The van der Waals surface area contributed by atoms with E-state index in [-0.39, 0.29) is 35.8 Å². The number of aliphatic imine (C=N–C) groups is 1. The van der Waals surface area contributed by atoms with E-state index in [1.54, 1.807) is 0 Å². The van der Waals surface area contributed by atoms with E-state index in [4.69, 9.17) is 5.73 Å². The number of piperidine rings is 1. The van der Waals surface area contributed by atoms with E-state index in [9.17, 15) is 4.79 Å². The number of rotatable bonds is 7. The summed E-state index contributed by atoms with van der Waals surface area (Å²) in [5, 5.41) is 7.11. The SMILES string of the molecule is CN=C(NCc1cccc(CN2CCCC(C(N)=O)C2)c1)NC1CC(C)N(C2CC2)C1.I. The normalized spacial score (nSPS) is 27.1. The summed E-state index contributed by atoms with van der Waals surface area (Å²) in [6, 6.07) is 10.6. The molecule has 7 nitrogen and oxygen atoms in total. The van der Waals surface area contributed by atoms with Crippen molar-refractivity contribution in [2.75, 3.05) is 26.7 Å². The fourth-order valence-corrected chi connectivity index (χ4v) is 5.18. The fourth-order valence-electron chi connectivity index (χ4n) is 5.18. The molecule has 1 aromatic rings. The van der Waals surface area contributed by atoms with Gasteiger partial charge >= 0.3 is 0 Å². The minimum Gasteiger partial charge on any atom is -0.369 e. The number of primary amides is 1. The summed E-state index contributed by atoms with van der Waals surface area (Å²) in [4.78, 5) is 21.0. The molecule has 1 aromatic carbocycles. The van der Waals surface area contributed by atoms with Crippen LogP contribution in [0.4, 0.5) is 0 Å². The molecular weight excluding hydrogens is 515 g/mol. The molecule has 0 aromatic heterocycles. The molecule has 2 heterocycles. The maximum Gasteiger partial charge on any atom is 0.221 e. The number of carbonyl (C=O) groups excluding carboxylic acids is 1. The Balaban J connectivity index is 0.00000289. The average Bonchev–Trinajstić information content (AvgIpc) is 3.54. The van der Waals surface area contributed by atoms with Crippen molar-refractivity contribution in [2.45, 2.75) is 70.2 Å². The van der Waals surface area contributed by atoms with Crippen LogP contribution in [-0.2, 0) is 17.9 Å². The summed E-state index contributed by atoms with van der Waals surface area (Å²) in [6.45, 7) is 6.86. The minimum atomic E-state index is -0.168. The molecule has 1 aliphatic carbocycles. The summed E-state index contributed by atoms with van der Waals surface area (Å²) in [5.41, 5.74) is 8.04. The number of nitrogens with two attached hydrogens (primary N) is 1. The van der Waals surface area contributed by atoms with Crippen LogP contribution >= 0.6 is 24.0 Å². The predicted octanol–water partition coefficient (Wildman–Crippen LogP) is 2.29. The maximum absolute atomic E-state index is 11.5. The van der Waals surface area contributed by atoms with Crippen molar-refractivity contribution in [3.05, 3.63) is 35.4 Å². The number of likely N-dealkylation sites (tertiary alicyclic amines) is 2. The van der Waals surface area contributed by atoms with Gasteiger partial charge in [-0.25, -0.2) is 0 Å². The molecule has 1 saturated carbocycles. The molecule has 3 fully saturated rings. The molecule has 3 atom stereocenters. The largest absolute Gasteiger partial charge is 0.369 e. The van der Waals surface area contributed by atoms with Crippen molar-refractivity contribution < 1.29 is 4.79 Å². The molecule has 2 aliphatic heterocycles. The second kappa shape index (κ2) is 11.7. The number of nitrogens with zero attached hydrogens (tertiary/aromatic N) is 3. The zero-order valence-corrected chi connectivity index (χ0v) is 21.8. The van der Waals surface area contributed by atoms with E-state index in [0.29, 0.717) is 12.1 Å². The number of benzene rings is 1. The standard InChI is InChI=1S/C24H38N6O.HI/c1-17-11-21(16-30(17)22-8-9-22)28-24(26-2)27-13-18-5-3-6-19(12-18)14-29-10-4-7-20(15-29)23(25)31;/h3,5-6,12,17,20-22H,4,7-11,13-16H2,1-2H3,(H2,25,31)(H2,26,27,28);1H. The van der Waals surface area contributed by atoms with Crippen LogP contribution in [0.15, 0.2) is 29.3 Å². The molecule has 0 radical (unpaired) electrons. The summed E-state index contributed by atoms with van der Waals surface area (Å²) in [7, 11) is 1.84. The van der Waals surface area contributed by atoms with Gasteiger partial charge in [0.05, 0.1) is 5.92 Å². The third-order valence-corrected chi connectivity index (χ3v) is 6.97. The minimum absolute atomic E-state index is 0. The van der Waals surface area contributed by atoms with E-state index in [2.05, 4.69) is 56.6 Å². The Labute approximate surface area is 209 Å². The van der Waals surface area contributed by atoms with Gasteiger partial charge in [-0.15, -0.1) is 24.0 Å². The van der Waals surface area contributed by atoms with Gasteiger partial charge in [-0.2, -0.15) is 0 Å². The van der Waals surface area contributed by atoms with Crippen molar-refractivity contribution in [1.82, 2.24) is 20.4 Å². The van der Waals surface area contributed by atoms with E-state index < -0.39 is 0 Å². The average molecular weight is 555 g/mol. The van der Waals surface area contributed by atoms with Gasteiger partial charge < -0.3 is 16.4 Å². The molecule has 178 valence electrons. The van der Waals surface area contributed by atoms with Gasteiger partial charge in [0.1, 0.15) is 0 Å². The first-order valence-electron chi connectivity index (χ1n) is 11.8. The number of hydrogen-bond acceptors (Lipinski definition) is 4. The molecule has 8 heteroatoms. The summed E-state index contributed by atoms with van der Waals surface area (Å²) in [5.74, 6) is 0.696. The Morgan fingerprint density at radius 2 is 2.00 bits per heavy atom. The van der Waals surface area contributed by atoms with E-state index in [1.165, 1.54) is 30.4 Å². The Kier molecular flexibility index (Phi) is 9.19. The monoisotopic (exact) mass is 554 g/mol. The number of hydrogen-bond donors (Lipinski definition) is 3. The molecule has 32 heavy (non-hydrogen) atoms. The Morgan fingerprint density at radius 1 is 1.22 bits per heavy atom. The van der Waals surface area contributed by atoms with Crippen LogP contribution in [0, 0.1) is 5.92 Å². The number of nitrogens with one attached hydrogen (secondary N) is 2. The van der Waals surface area contributed by atoms with Crippen LogP contribution in [0.3, 0.4) is 0 Å². The summed E-state index contributed by atoms with van der Waals surface area (Å²) < 4.78 is 0. The van der Waals surface area contributed by atoms with E-state index in [0.717, 1.165) is 57.6 Å². The van der Waals surface area contributed by atoms with Crippen LogP contribution in [0.2, 0.25) is 0 Å². The molecule has 2 saturated heterocycles. The lowest BCUT2D eigenvalue weighted by molar-refractivity contribution is -0.123. The molecule has 0 spiro atoms. The van der Waals surface area contributed by atoms with Crippen molar-refractivity contribution in [3.8, 4) is 0 Å². The topological polar surface area (TPSA) is 86.0 Å². The van der Waals surface area contributed by atoms with Crippen LogP contribution in [0.5, 0.6) is 0 Å². The van der Waals surface area contributed by atoms with E-state index >= 15 is 0 Å². The molecular formula is C24H39IN6O. The van der Waals surface area contributed by atoms with Crippen molar-refractivity contribution in [2.24, 2.45) is 16.6 Å². The van der Waals surface area contributed by atoms with Gasteiger partial charge in [0.25, 0.3) is 0 Å². The quantitative estimate of drug-likeness (QED) is 0.274. The second-order valence-corrected chi connectivity index (χ2v) is 9.58. The number of guanidine groups is 1. The van der Waals surface area contributed by atoms with Crippen molar-refractivity contribution in [1.29, 1.82) is 0 Å². The van der Waals surface area contributed by atoms with Gasteiger partial charge in [0.2, 0.25) is 5.91 Å². The first-order chi connectivity index (χ1) is 15.0. The molecule has 3 aliphatic rings. The number of carbonyl (C=O) groups is 1. The Bertz CT molecular complexity index is 798. The first kappa shape index (κ1) is 25.2. The smallest absolute Gasteiger partial charge is 0.221 e. The molecule has 1 amide bonds. The lowest BCUT2D eigenvalue weighted by Gasteiger charge is -2.31. The highest BCUT2D eigenvalue weighted by atomic mass is 127. The number of amides is 1. The highest BCUT2D eigenvalue weighted by Crippen LogP contribution is 2.33. The number of halogens is 1. The second-order valence-electron chi connectivity index (χ2n) is 9.58. The molecule has 4 rings (SSSR count). The summed E-state index contributed by atoms with van der Waals surface area (Å²) in [6.07, 6.45) is 5.85. The maximum atomic E-state index is 11.5.